The first kappa shape index (κ1) is 15.8. The first-order valence-electron chi connectivity index (χ1n) is 5.02. The molecule has 0 aliphatic rings. The minimum Gasteiger partial charge on any atom is -0.394 e. The number of hydrogen-bond acceptors (Lipinski definition) is 6. The van der Waals surface area contributed by atoms with Crippen LogP contribution in [0.1, 0.15) is 0 Å². The van der Waals surface area contributed by atoms with Crippen LogP contribution < -0.4 is 0 Å². The Kier molecular flexibility index (Phi) is 8.73. The molecule has 0 radical (unpaired) electrons. The molecule has 2 N–H and O–H groups in total. The minimum absolute atomic E-state index is 0.198. The van der Waals surface area contributed by atoms with Crippen LogP contribution in [0, 0.1) is 0 Å². The molecule has 0 aromatic heterocycles. The van der Waals surface area contributed by atoms with Crippen molar-refractivity contribution in [3.05, 3.63) is 0 Å². The van der Waals surface area contributed by atoms with Crippen molar-refractivity contribution >= 4 is 0 Å². The third kappa shape index (κ3) is 3.97. The Hall–Kier alpha value is -0.240. The maximum Gasteiger partial charge on any atom is 0.114 e. The fourth-order valence-corrected chi connectivity index (χ4v) is 1.62. The van der Waals surface area contributed by atoms with E-state index in [9.17, 15) is 0 Å². The predicted octanol–water partition coefficient (Wildman–Crippen LogP) is -0.969. The summed E-state index contributed by atoms with van der Waals surface area (Å²) in [6, 6.07) is 0. The van der Waals surface area contributed by atoms with Gasteiger partial charge in [-0.3, -0.25) is 0 Å². The van der Waals surface area contributed by atoms with Crippen molar-refractivity contribution in [3.63, 3.8) is 0 Å². The van der Waals surface area contributed by atoms with Gasteiger partial charge in [0.15, 0.2) is 0 Å². The molecule has 0 spiro atoms. The molecule has 0 amide bonds. The quantitative estimate of drug-likeness (QED) is 0.538. The first-order valence-corrected chi connectivity index (χ1v) is 5.02. The molecule has 0 fully saturated rings. The molecule has 16 heavy (non-hydrogen) atoms. The van der Waals surface area contributed by atoms with Crippen molar-refractivity contribution in [3.8, 4) is 0 Å². The first-order chi connectivity index (χ1) is 7.69. The van der Waals surface area contributed by atoms with Crippen LogP contribution in [-0.2, 0) is 18.9 Å². The molecule has 0 aromatic rings. The second kappa shape index (κ2) is 8.86. The van der Waals surface area contributed by atoms with Gasteiger partial charge in [-0.1, -0.05) is 0 Å². The smallest absolute Gasteiger partial charge is 0.114 e. The Balaban J connectivity index is 4.71. The Morgan fingerprint density at radius 3 is 1.12 bits per heavy atom. The topological polar surface area (TPSA) is 77.4 Å². The summed E-state index contributed by atoms with van der Waals surface area (Å²) in [6.45, 7) is -0.395. The Labute approximate surface area is 96.1 Å². The molecule has 0 aliphatic carbocycles. The van der Waals surface area contributed by atoms with E-state index in [2.05, 4.69) is 0 Å². The summed E-state index contributed by atoms with van der Waals surface area (Å²) in [7, 11) is 5.92. The van der Waals surface area contributed by atoms with Crippen molar-refractivity contribution in [1.29, 1.82) is 0 Å². The summed E-state index contributed by atoms with van der Waals surface area (Å²) in [5.74, 6) is 0. The lowest BCUT2D eigenvalue weighted by molar-refractivity contribution is -0.163. The van der Waals surface area contributed by atoms with Gasteiger partial charge >= 0.3 is 0 Å². The summed E-state index contributed by atoms with van der Waals surface area (Å²) in [4.78, 5) is 0. The van der Waals surface area contributed by atoms with Gasteiger partial charge in [-0.05, 0) is 0 Å². The van der Waals surface area contributed by atoms with E-state index >= 15 is 0 Å². The molecule has 0 heterocycles. The zero-order valence-electron chi connectivity index (χ0n) is 10.3. The Bertz CT molecular complexity index is 139. The van der Waals surface area contributed by atoms with Gasteiger partial charge < -0.3 is 29.2 Å². The highest BCUT2D eigenvalue weighted by Gasteiger charge is 2.35. The van der Waals surface area contributed by atoms with Crippen LogP contribution in [0.4, 0.5) is 0 Å². The highest BCUT2D eigenvalue weighted by atomic mass is 16.6. The normalized spacial score (nSPS) is 19.1. The second-order valence-electron chi connectivity index (χ2n) is 3.31. The van der Waals surface area contributed by atoms with Gasteiger partial charge in [0.1, 0.15) is 24.4 Å². The molecule has 0 unspecified atom stereocenters. The lowest BCUT2D eigenvalue weighted by Gasteiger charge is -2.33. The van der Waals surface area contributed by atoms with Crippen molar-refractivity contribution in [2.45, 2.75) is 24.4 Å². The molecular weight excluding hydrogens is 216 g/mol. The van der Waals surface area contributed by atoms with Crippen molar-refractivity contribution in [2.75, 3.05) is 41.7 Å². The van der Waals surface area contributed by atoms with Crippen molar-refractivity contribution in [1.82, 2.24) is 0 Å². The van der Waals surface area contributed by atoms with Crippen LogP contribution in [-0.4, -0.2) is 76.3 Å². The van der Waals surface area contributed by atoms with Gasteiger partial charge in [0.2, 0.25) is 0 Å². The van der Waals surface area contributed by atoms with Crippen LogP contribution in [0.25, 0.3) is 0 Å². The summed E-state index contributed by atoms with van der Waals surface area (Å²) in [6.07, 6.45) is -2.09. The lowest BCUT2D eigenvalue weighted by atomic mass is 10.0. The standard InChI is InChI=1S/C10H22O6/c1-13-7(5-11)9(15-3)10(16-4)8(6-12)14-2/h7-12H,5-6H2,1-4H3/t7-,8-,9-,10-/m1/s1. The number of hydrogen-bond donors (Lipinski definition) is 2. The third-order valence-corrected chi connectivity index (χ3v) is 2.57. The zero-order chi connectivity index (χ0) is 12.6. The van der Waals surface area contributed by atoms with Gasteiger partial charge in [0.05, 0.1) is 13.2 Å². The monoisotopic (exact) mass is 238 g/mol. The van der Waals surface area contributed by atoms with E-state index in [0.29, 0.717) is 0 Å². The van der Waals surface area contributed by atoms with Gasteiger partial charge in [0.25, 0.3) is 0 Å². The van der Waals surface area contributed by atoms with E-state index in [4.69, 9.17) is 29.2 Å². The van der Waals surface area contributed by atoms with E-state index in [1.54, 1.807) is 0 Å². The van der Waals surface area contributed by atoms with Crippen molar-refractivity contribution in [2.24, 2.45) is 0 Å². The number of aliphatic hydroxyl groups excluding tert-OH is 2. The van der Waals surface area contributed by atoms with Gasteiger partial charge in [0, 0.05) is 28.4 Å². The van der Waals surface area contributed by atoms with Gasteiger partial charge in [-0.2, -0.15) is 0 Å². The Morgan fingerprint density at radius 1 is 0.688 bits per heavy atom. The van der Waals surface area contributed by atoms with Crippen LogP contribution in [0.5, 0.6) is 0 Å². The average molecular weight is 238 g/mol. The van der Waals surface area contributed by atoms with Gasteiger partial charge in [-0.15, -0.1) is 0 Å². The van der Waals surface area contributed by atoms with Crippen molar-refractivity contribution < 1.29 is 29.2 Å². The van der Waals surface area contributed by atoms with E-state index in [1.807, 2.05) is 0 Å². The predicted molar refractivity (Wildman–Crippen MR) is 57.4 cm³/mol. The second-order valence-corrected chi connectivity index (χ2v) is 3.31. The molecule has 6 nitrogen and oxygen atoms in total. The van der Waals surface area contributed by atoms with E-state index < -0.39 is 24.4 Å². The zero-order valence-corrected chi connectivity index (χ0v) is 10.3. The molecule has 0 aliphatic heterocycles. The van der Waals surface area contributed by atoms with Crippen LogP contribution in [0.15, 0.2) is 0 Å². The number of ether oxygens (including phenoxy) is 4. The molecule has 0 aromatic carbocycles. The highest BCUT2D eigenvalue weighted by Crippen LogP contribution is 2.15. The molecule has 0 bridgehead atoms. The summed E-state index contributed by atoms with van der Waals surface area (Å²) in [5, 5.41) is 18.3. The van der Waals surface area contributed by atoms with E-state index in [0.717, 1.165) is 0 Å². The average Bonchev–Trinajstić information content (AvgIpc) is 2.33. The van der Waals surface area contributed by atoms with Crippen LogP contribution >= 0.6 is 0 Å². The number of rotatable bonds is 9. The Morgan fingerprint density at radius 2 is 1.00 bits per heavy atom. The SMILES string of the molecule is CO[C@@H]([C@H](OC)[C@@H](CO)OC)[C@@H](CO)OC. The fraction of sp³-hybridized carbons (Fsp3) is 1.00. The molecule has 0 saturated carbocycles. The maximum atomic E-state index is 9.14. The summed E-state index contributed by atoms with van der Waals surface area (Å²) >= 11 is 0. The van der Waals surface area contributed by atoms with Gasteiger partial charge in [-0.25, -0.2) is 0 Å². The molecule has 0 rings (SSSR count). The third-order valence-electron chi connectivity index (χ3n) is 2.57. The molecular formula is C10H22O6. The fourth-order valence-electron chi connectivity index (χ4n) is 1.62. The summed E-state index contributed by atoms with van der Waals surface area (Å²) < 4.78 is 20.6. The van der Waals surface area contributed by atoms with E-state index in [1.165, 1.54) is 28.4 Å². The van der Waals surface area contributed by atoms with Crippen LogP contribution in [0.2, 0.25) is 0 Å². The minimum atomic E-state index is -0.529. The molecule has 98 valence electrons. The van der Waals surface area contributed by atoms with E-state index in [-0.39, 0.29) is 13.2 Å². The lowest BCUT2D eigenvalue weighted by Crippen LogP contribution is -2.50. The number of methoxy groups -OCH3 is 4. The van der Waals surface area contributed by atoms with Crippen LogP contribution in [0.3, 0.4) is 0 Å². The highest BCUT2D eigenvalue weighted by molar-refractivity contribution is 4.84. The maximum absolute atomic E-state index is 9.14. The largest absolute Gasteiger partial charge is 0.394 e. The molecule has 0 saturated heterocycles. The summed E-state index contributed by atoms with van der Waals surface area (Å²) in [5.41, 5.74) is 0. The molecule has 4 atom stereocenters. The number of aliphatic hydroxyl groups is 2. The molecule has 6 heteroatoms.